The molecule has 0 aliphatic carbocycles. The summed E-state index contributed by atoms with van der Waals surface area (Å²) >= 11 is 0. The van der Waals surface area contributed by atoms with Crippen LogP contribution in [0, 0.1) is 13.8 Å². The smallest absolute Gasteiger partial charge is 0.227 e. The highest BCUT2D eigenvalue weighted by Gasteiger charge is 2.23. The van der Waals surface area contributed by atoms with Crippen LogP contribution in [0.4, 0.5) is 0 Å². The van der Waals surface area contributed by atoms with Gasteiger partial charge in [0, 0.05) is 12.1 Å². The van der Waals surface area contributed by atoms with Crippen molar-refractivity contribution < 1.29 is 14.1 Å². The summed E-state index contributed by atoms with van der Waals surface area (Å²) in [5.41, 5.74) is 2.71. The number of aromatic nitrogens is 1. The van der Waals surface area contributed by atoms with E-state index in [0.717, 1.165) is 22.6 Å². The third kappa shape index (κ3) is 3.73. The zero-order valence-corrected chi connectivity index (χ0v) is 14.4. The van der Waals surface area contributed by atoms with E-state index in [1.54, 1.807) is 7.11 Å². The summed E-state index contributed by atoms with van der Waals surface area (Å²) in [5.74, 6) is 1.57. The van der Waals surface area contributed by atoms with Gasteiger partial charge in [0.25, 0.3) is 0 Å². The van der Waals surface area contributed by atoms with E-state index in [4.69, 9.17) is 9.26 Å². The number of benzene rings is 1. The van der Waals surface area contributed by atoms with Gasteiger partial charge >= 0.3 is 0 Å². The van der Waals surface area contributed by atoms with Crippen LogP contribution < -0.4 is 4.74 Å². The molecule has 1 unspecified atom stereocenters. The summed E-state index contributed by atoms with van der Waals surface area (Å²) in [5, 5.41) is 3.92. The van der Waals surface area contributed by atoms with Gasteiger partial charge in [-0.1, -0.05) is 17.3 Å². The lowest BCUT2D eigenvalue weighted by Crippen LogP contribution is -2.34. The Morgan fingerprint density at radius 3 is 2.70 bits per heavy atom. The average Bonchev–Trinajstić information content (AvgIpc) is 2.87. The molecule has 5 nitrogen and oxygen atoms in total. The second-order valence-corrected chi connectivity index (χ2v) is 5.61. The van der Waals surface area contributed by atoms with E-state index in [0.29, 0.717) is 18.7 Å². The Morgan fingerprint density at radius 1 is 1.39 bits per heavy atom. The van der Waals surface area contributed by atoms with E-state index < -0.39 is 0 Å². The first-order valence-corrected chi connectivity index (χ1v) is 7.83. The number of ether oxygens (including phenoxy) is 1. The monoisotopic (exact) mass is 316 g/mol. The molecule has 1 heterocycles. The molecule has 23 heavy (non-hydrogen) atoms. The molecule has 0 fully saturated rings. The quantitative estimate of drug-likeness (QED) is 0.819. The van der Waals surface area contributed by atoms with Crippen molar-refractivity contribution in [2.24, 2.45) is 0 Å². The number of carbonyl (C=O) groups excluding carboxylic acids is 1. The van der Waals surface area contributed by atoms with E-state index in [2.05, 4.69) is 5.16 Å². The maximum atomic E-state index is 12.7. The van der Waals surface area contributed by atoms with Gasteiger partial charge in [-0.2, -0.15) is 0 Å². The predicted molar refractivity (Wildman–Crippen MR) is 88.5 cm³/mol. The fourth-order valence-electron chi connectivity index (χ4n) is 2.75. The molecule has 124 valence electrons. The Hall–Kier alpha value is -2.30. The number of likely N-dealkylation sites (N-methyl/N-ethyl adjacent to an activating group) is 1. The van der Waals surface area contributed by atoms with Crippen LogP contribution >= 0.6 is 0 Å². The number of rotatable bonds is 6. The molecule has 2 aromatic rings. The topological polar surface area (TPSA) is 55.6 Å². The number of nitrogens with zero attached hydrogens (tertiary/aromatic N) is 2. The molecular weight excluding hydrogens is 292 g/mol. The summed E-state index contributed by atoms with van der Waals surface area (Å²) in [6.07, 6.45) is 0.309. The van der Waals surface area contributed by atoms with Gasteiger partial charge in [-0.05, 0) is 45.4 Å². The first-order valence-electron chi connectivity index (χ1n) is 7.83. The molecule has 0 aliphatic heterocycles. The van der Waals surface area contributed by atoms with Gasteiger partial charge in [-0.25, -0.2) is 0 Å². The zero-order valence-electron chi connectivity index (χ0n) is 14.4. The van der Waals surface area contributed by atoms with Crippen LogP contribution in [0.25, 0.3) is 0 Å². The van der Waals surface area contributed by atoms with E-state index >= 15 is 0 Å². The van der Waals surface area contributed by atoms with Gasteiger partial charge in [-0.3, -0.25) is 4.79 Å². The summed E-state index contributed by atoms with van der Waals surface area (Å²) in [4.78, 5) is 14.6. The summed E-state index contributed by atoms with van der Waals surface area (Å²) in [7, 11) is 1.64. The number of methoxy groups -OCH3 is 1. The SMILES string of the molecule is CCN(C(=O)Cc1c(C)noc1C)C(C)c1cccc(OC)c1. The lowest BCUT2D eigenvalue weighted by atomic mass is 10.0. The van der Waals surface area contributed by atoms with E-state index in [1.165, 1.54) is 0 Å². The molecule has 0 spiro atoms. The Balaban J connectivity index is 2.19. The number of amides is 1. The van der Waals surface area contributed by atoms with Crippen LogP contribution in [0.2, 0.25) is 0 Å². The van der Waals surface area contributed by atoms with Gasteiger partial charge in [-0.15, -0.1) is 0 Å². The average molecular weight is 316 g/mol. The van der Waals surface area contributed by atoms with E-state index in [1.807, 2.05) is 56.9 Å². The van der Waals surface area contributed by atoms with Crippen molar-refractivity contribution in [3.05, 3.63) is 46.8 Å². The molecule has 1 atom stereocenters. The molecule has 0 radical (unpaired) electrons. The maximum absolute atomic E-state index is 12.7. The summed E-state index contributed by atoms with van der Waals surface area (Å²) in [6, 6.07) is 7.80. The minimum Gasteiger partial charge on any atom is -0.497 e. The normalized spacial score (nSPS) is 12.0. The molecule has 0 aliphatic rings. The van der Waals surface area contributed by atoms with Crippen molar-refractivity contribution in [1.29, 1.82) is 0 Å². The Bertz CT molecular complexity index is 659. The van der Waals surface area contributed by atoms with Crippen molar-refractivity contribution in [2.45, 2.75) is 40.2 Å². The van der Waals surface area contributed by atoms with Gasteiger partial charge in [0.1, 0.15) is 11.5 Å². The van der Waals surface area contributed by atoms with E-state index in [-0.39, 0.29) is 11.9 Å². The first-order chi connectivity index (χ1) is 11.0. The Labute approximate surface area is 137 Å². The molecule has 1 aromatic heterocycles. The molecule has 1 amide bonds. The van der Waals surface area contributed by atoms with Gasteiger partial charge in [0.2, 0.25) is 5.91 Å². The molecule has 2 rings (SSSR count). The minimum absolute atomic E-state index is 0.0249. The molecule has 0 saturated carbocycles. The summed E-state index contributed by atoms with van der Waals surface area (Å²) < 4.78 is 10.4. The standard InChI is InChI=1S/C18H24N2O3/c1-6-20(13(3)15-8-7-9-16(10-15)22-5)18(21)11-17-12(2)19-23-14(17)4/h7-10,13H,6,11H2,1-5H3. The summed E-state index contributed by atoms with van der Waals surface area (Å²) in [6.45, 7) is 8.36. The molecular formula is C18H24N2O3. The van der Waals surface area contributed by atoms with Crippen LogP contribution in [-0.2, 0) is 11.2 Å². The Kier molecular flexibility index (Phi) is 5.42. The van der Waals surface area contributed by atoms with Crippen LogP contribution in [0.1, 0.15) is 42.5 Å². The van der Waals surface area contributed by atoms with Gasteiger partial charge < -0.3 is 14.2 Å². The third-order valence-corrected chi connectivity index (χ3v) is 4.21. The van der Waals surface area contributed by atoms with Crippen molar-refractivity contribution in [3.63, 3.8) is 0 Å². The van der Waals surface area contributed by atoms with Crippen LogP contribution in [0.15, 0.2) is 28.8 Å². The highest BCUT2D eigenvalue weighted by atomic mass is 16.5. The second-order valence-electron chi connectivity index (χ2n) is 5.61. The molecule has 0 bridgehead atoms. The van der Waals surface area contributed by atoms with Crippen molar-refractivity contribution in [1.82, 2.24) is 10.1 Å². The maximum Gasteiger partial charge on any atom is 0.227 e. The third-order valence-electron chi connectivity index (χ3n) is 4.21. The largest absolute Gasteiger partial charge is 0.497 e. The highest BCUT2D eigenvalue weighted by molar-refractivity contribution is 5.79. The zero-order chi connectivity index (χ0) is 17.0. The molecule has 1 aromatic carbocycles. The second kappa shape index (κ2) is 7.31. The fraction of sp³-hybridized carbons (Fsp3) is 0.444. The van der Waals surface area contributed by atoms with Crippen molar-refractivity contribution >= 4 is 5.91 Å². The molecule has 0 N–H and O–H groups in total. The van der Waals surface area contributed by atoms with Gasteiger partial charge in [0.05, 0.1) is 25.3 Å². The Morgan fingerprint density at radius 2 is 2.13 bits per heavy atom. The lowest BCUT2D eigenvalue weighted by Gasteiger charge is -2.28. The van der Waals surface area contributed by atoms with Crippen molar-refractivity contribution in [3.8, 4) is 5.75 Å². The van der Waals surface area contributed by atoms with Gasteiger partial charge in [0.15, 0.2) is 0 Å². The fourth-order valence-corrected chi connectivity index (χ4v) is 2.75. The number of hydrogen-bond donors (Lipinski definition) is 0. The first kappa shape index (κ1) is 17.1. The molecule has 0 saturated heterocycles. The minimum atomic E-state index is -0.0249. The number of carbonyl (C=O) groups is 1. The number of aryl methyl sites for hydroxylation is 2. The number of hydrogen-bond acceptors (Lipinski definition) is 4. The lowest BCUT2D eigenvalue weighted by molar-refractivity contribution is -0.132. The predicted octanol–water partition coefficient (Wildman–Crippen LogP) is 3.45. The highest BCUT2D eigenvalue weighted by Crippen LogP contribution is 2.25. The van der Waals surface area contributed by atoms with Crippen LogP contribution in [0.3, 0.4) is 0 Å². The van der Waals surface area contributed by atoms with Crippen LogP contribution in [-0.4, -0.2) is 29.6 Å². The molecule has 5 heteroatoms. The van der Waals surface area contributed by atoms with Crippen molar-refractivity contribution in [2.75, 3.05) is 13.7 Å². The van der Waals surface area contributed by atoms with Crippen LogP contribution in [0.5, 0.6) is 5.75 Å². The van der Waals surface area contributed by atoms with E-state index in [9.17, 15) is 4.79 Å².